The summed E-state index contributed by atoms with van der Waals surface area (Å²) < 4.78 is 0. The number of aliphatic hydroxyl groups excluding tert-OH is 3. The number of aliphatic hydroxyl groups is 3. The number of hydrogen-bond donors (Lipinski definition) is 3. The van der Waals surface area contributed by atoms with Gasteiger partial charge in [-0.1, -0.05) is 6.07 Å². The third-order valence-corrected chi connectivity index (χ3v) is 4.13. The first-order valence-corrected chi connectivity index (χ1v) is 6.43. The molecule has 1 unspecified atom stereocenters. The molecule has 1 aromatic carbocycles. The molecule has 0 aromatic heterocycles. The van der Waals surface area contributed by atoms with Crippen LogP contribution in [0.4, 0.5) is 0 Å². The van der Waals surface area contributed by atoms with Gasteiger partial charge in [-0.15, -0.1) is 0 Å². The van der Waals surface area contributed by atoms with Crippen LogP contribution in [0.5, 0.6) is 0 Å². The van der Waals surface area contributed by atoms with Gasteiger partial charge in [0.1, 0.15) is 6.10 Å². The Labute approximate surface area is 112 Å². The molecule has 0 spiro atoms. The fourth-order valence-electron chi connectivity index (χ4n) is 3.07. The van der Waals surface area contributed by atoms with Crippen molar-refractivity contribution in [3.63, 3.8) is 0 Å². The zero-order valence-electron chi connectivity index (χ0n) is 11.5. The molecule has 0 saturated carbocycles. The molecule has 0 heterocycles. The van der Waals surface area contributed by atoms with Crippen molar-refractivity contribution in [3.05, 3.63) is 33.9 Å². The van der Waals surface area contributed by atoms with Crippen molar-refractivity contribution in [2.75, 3.05) is 13.2 Å². The van der Waals surface area contributed by atoms with E-state index in [9.17, 15) is 15.0 Å². The Hall–Kier alpha value is -1.23. The van der Waals surface area contributed by atoms with Crippen LogP contribution in [0.1, 0.15) is 45.6 Å². The van der Waals surface area contributed by atoms with Gasteiger partial charge in [-0.2, -0.15) is 0 Å². The molecule has 0 aliphatic heterocycles. The van der Waals surface area contributed by atoms with Crippen LogP contribution in [0.3, 0.4) is 0 Å². The van der Waals surface area contributed by atoms with E-state index < -0.39 is 11.5 Å². The Balaban J connectivity index is 2.63. The Bertz CT molecular complexity index is 535. The predicted octanol–water partition coefficient (Wildman–Crippen LogP) is 1.07. The number of rotatable bonds is 3. The average Bonchev–Trinajstić information content (AvgIpc) is 2.61. The van der Waals surface area contributed by atoms with Gasteiger partial charge >= 0.3 is 0 Å². The molecule has 4 heteroatoms. The number of carbonyl (C=O) groups excluding carboxylic acids is 1. The Morgan fingerprint density at radius 2 is 2.00 bits per heavy atom. The van der Waals surface area contributed by atoms with E-state index in [1.165, 1.54) is 0 Å². The van der Waals surface area contributed by atoms with Crippen LogP contribution >= 0.6 is 0 Å². The molecule has 4 nitrogen and oxygen atoms in total. The van der Waals surface area contributed by atoms with E-state index in [4.69, 9.17) is 5.11 Å². The van der Waals surface area contributed by atoms with Gasteiger partial charge in [0.05, 0.1) is 18.6 Å². The summed E-state index contributed by atoms with van der Waals surface area (Å²) in [5.41, 5.74) is 2.97. The summed E-state index contributed by atoms with van der Waals surface area (Å²) in [6.45, 7) is 4.86. The minimum Gasteiger partial charge on any atom is -0.395 e. The van der Waals surface area contributed by atoms with Crippen LogP contribution in [0.25, 0.3) is 0 Å². The van der Waals surface area contributed by atoms with Crippen molar-refractivity contribution in [2.24, 2.45) is 5.41 Å². The number of carbonyl (C=O) groups is 1. The Morgan fingerprint density at radius 1 is 1.37 bits per heavy atom. The second kappa shape index (κ2) is 4.71. The van der Waals surface area contributed by atoms with E-state index in [0.29, 0.717) is 17.5 Å². The van der Waals surface area contributed by atoms with Crippen LogP contribution < -0.4 is 0 Å². The molecule has 19 heavy (non-hydrogen) atoms. The molecular formula is C15H20O4. The van der Waals surface area contributed by atoms with E-state index in [-0.39, 0.29) is 19.0 Å². The highest BCUT2D eigenvalue weighted by atomic mass is 16.3. The molecule has 0 saturated heterocycles. The highest BCUT2D eigenvalue weighted by molar-refractivity contribution is 6.06. The monoisotopic (exact) mass is 264 g/mol. The van der Waals surface area contributed by atoms with Crippen LogP contribution in [0.2, 0.25) is 0 Å². The largest absolute Gasteiger partial charge is 0.395 e. The lowest BCUT2D eigenvalue weighted by Gasteiger charge is -2.18. The molecule has 104 valence electrons. The molecule has 0 radical (unpaired) electrons. The van der Waals surface area contributed by atoms with Gasteiger partial charge in [-0.25, -0.2) is 0 Å². The van der Waals surface area contributed by atoms with E-state index in [2.05, 4.69) is 0 Å². The predicted molar refractivity (Wildman–Crippen MR) is 71.2 cm³/mol. The topological polar surface area (TPSA) is 77.8 Å². The molecule has 2 atom stereocenters. The Morgan fingerprint density at radius 3 is 2.53 bits per heavy atom. The van der Waals surface area contributed by atoms with E-state index in [0.717, 1.165) is 16.7 Å². The molecule has 2 rings (SSSR count). The average molecular weight is 264 g/mol. The zero-order chi connectivity index (χ0) is 14.4. The normalized spacial score (nSPS) is 23.6. The van der Waals surface area contributed by atoms with Gasteiger partial charge in [-0.3, -0.25) is 4.79 Å². The second-order valence-electron chi connectivity index (χ2n) is 5.69. The van der Waals surface area contributed by atoms with Crippen LogP contribution in [0, 0.1) is 19.3 Å². The van der Waals surface area contributed by atoms with Gasteiger partial charge < -0.3 is 15.3 Å². The van der Waals surface area contributed by atoms with Crippen molar-refractivity contribution in [2.45, 2.75) is 33.3 Å². The van der Waals surface area contributed by atoms with Gasteiger partial charge in [0, 0.05) is 5.56 Å². The molecule has 1 aromatic rings. The molecule has 0 bridgehead atoms. The van der Waals surface area contributed by atoms with Gasteiger partial charge in [0.15, 0.2) is 5.78 Å². The highest BCUT2D eigenvalue weighted by Crippen LogP contribution is 2.40. The summed E-state index contributed by atoms with van der Waals surface area (Å²) in [6, 6.07) is 1.88. The maximum absolute atomic E-state index is 12.4. The van der Waals surface area contributed by atoms with E-state index in [1.54, 1.807) is 13.8 Å². The molecule has 1 aliphatic rings. The maximum Gasteiger partial charge on any atom is 0.171 e. The summed E-state index contributed by atoms with van der Waals surface area (Å²) in [7, 11) is 0. The fraction of sp³-hybridized carbons (Fsp3) is 0.533. The van der Waals surface area contributed by atoms with Crippen LogP contribution in [0.15, 0.2) is 6.07 Å². The third kappa shape index (κ3) is 2.00. The first-order valence-electron chi connectivity index (χ1n) is 6.43. The number of hydrogen-bond acceptors (Lipinski definition) is 4. The van der Waals surface area contributed by atoms with Crippen molar-refractivity contribution in [3.8, 4) is 0 Å². The fourth-order valence-corrected chi connectivity index (χ4v) is 3.07. The van der Waals surface area contributed by atoms with Crippen LogP contribution in [-0.4, -0.2) is 34.3 Å². The molecule has 0 fully saturated rings. The third-order valence-electron chi connectivity index (χ3n) is 4.13. The van der Waals surface area contributed by atoms with Gasteiger partial charge in [-0.05, 0) is 49.4 Å². The number of Topliss-reactive ketones (excluding diaryl/α,β-unsaturated/α-hetero) is 1. The highest BCUT2D eigenvalue weighted by Gasteiger charge is 2.42. The van der Waals surface area contributed by atoms with Crippen molar-refractivity contribution >= 4 is 5.78 Å². The molecule has 0 amide bonds. The summed E-state index contributed by atoms with van der Waals surface area (Å²) in [5, 5.41) is 28.5. The first-order chi connectivity index (χ1) is 8.85. The van der Waals surface area contributed by atoms with Crippen molar-refractivity contribution in [1.29, 1.82) is 0 Å². The lowest BCUT2D eigenvalue weighted by Crippen LogP contribution is -2.28. The SMILES string of the molecule is Cc1cc2c(c(C)c1C(O)CO)C(=O)[C@](C)(CO)C2. The summed E-state index contributed by atoms with van der Waals surface area (Å²) >= 11 is 0. The van der Waals surface area contributed by atoms with Gasteiger partial charge in [0.25, 0.3) is 0 Å². The minimum atomic E-state index is -0.973. The lowest BCUT2D eigenvalue weighted by atomic mass is 9.86. The van der Waals surface area contributed by atoms with Crippen molar-refractivity contribution in [1.82, 2.24) is 0 Å². The van der Waals surface area contributed by atoms with Gasteiger partial charge in [0.2, 0.25) is 0 Å². The first kappa shape index (κ1) is 14.2. The van der Waals surface area contributed by atoms with E-state index in [1.807, 2.05) is 13.0 Å². The second-order valence-corrected chi connectivity index (χ2v) is 5.69. The maximum atomic E-state index is 12.4. The minimum absolute atomic E-state index is 0.0751. The smallest absolute Gasteiger partial charge is 0.171 e. The van der Waals surface area contributed by atoms with Crippen LogP contribution in [-0.2, 0) is 6.42 Å². The number of fused-ring (bicyclic) bond motifs is 1. The quantitative estimate of drug-likeness (QED) is 0.763. The summed E-state index contributed by atoms with van der Waals surface area (Å²) in [5.74, 6) is -0.0751. The number of aryl methyl sites for hydroxylation is 1. The van der Waals surface area contributed by atoms with E-state index >= 15 is 0 Å². The molecule has 3 N–H and O–H groups in total. The molecular weight excluding hydrogens is 244 g/mol. The number of ketones is 1. The summed E-state index contributed by atoms with van der Waals surface area (Å²) in [6.07, 6.45) is -0.450. The zero-order valence-corrected chi connectivity index (χ0v) is 11.5. The standard InChI is InChI=1S/C15H20O4/c1-8-4-10-5-15(3,7-17)14(19)13(10)9(2)12(8)11(18)6-16/h4,11,16-18H,5-7H2,1-3H3/t11?,15-/m0/s1. The summed E-state index contributed by atoms with van der Waals surface area (Å²) in [4.78, 5) is 12.4. The van der Waals surface area contributed by atoms with Crippen molar-refractivity contribution < 1.29 is 20.1 Å². The number of benzene rings is 1. The Kier molecular flexibility index (Phi) is 3.51. The lowest BCUT2D eigenvalue weighted by molar-refractivity contribution is 0.0721. The molecule has 1 aliphatic carbocycles.